The fraction of sp³-hybridized carbons (Fsp3) is 0.500. The molecule has 0 spiro atoms. The van der Waals surface area contributed by atoms with Gasteiger partial charge in [-0.05, 0) is 27.9 Å². The zero-order chi connectivity index (χ0) is 11.4. The summed E-state index contributed by atoms with van der Waals surface area (Å²) >= 11 is 4.83. The van der Waals surface area contributed by atoms with Gasteiger partial charge in [0.2, 0.25) is 0 Å². The van der Waals surface area contributed by atoms with Gasteiger partial charge in [-0.3, -0.25) is 4.79 Å². The van der Waals surface area contributed by atoms with Crippen LogP contribution in [0.2, 0.25) is 0 Å². The molecular weight excluding hydrogens is 276 g/mol. The third-order valence-electron chi connectivity index (χ3n) is 2.20. The van der Waals surface area contributed by atoms with Gasteiger partial charge >= 0.3 is 0 Å². The molecule has 84 valence electrons. The molecule has 3 nitrogen and oxygen atoms in total. The molecule has 0 aliphatic rings. The van der Waals surface area contributed by atoms with Gasteiger partial charge in [0, 0.05) is 18.0 Å². The standard InChI is InChI=1S/C10H15BrN2OS/c1-6(2)8(4-12)13-10(14)7-3-9(11)15-5-7/h3,5-6,8H,4,12H2,1-2H3,(H,13,14). The molecule has 1 heterocycles. The predicted molar refractivity (Wildman–Crippen MR) is 67.2 cm³/mol. The Kier molecular flexibility index (Phi) is 4.76. The summed E-state index contributed by atoms with van der Waals surface area (Å²) in [7, 11) is 0. The van der Waals surface area contributed by atoms with Gasteiger partial charge in [0.05, 0.1) is 9.35 Å². The summed E-state index contributed by atoms with van der Waals surface area (Å²) < 4.78 is 0.960. The first-order valence-corrected chi connectivity index (χ1v) is 6.46. The Labute approximate surface area is 102 Å². The molecule has 1 rings (SSSR count). The summed E-state index contributed by atoms with van der Waals surface area (Å²) in [6.45, 7) is 4.55. The highest BCUT2D eigenvalue weighted by Crippen LogP contribution is 2.20. The Morgan fingerprint density at radius 2 is 2.33 bits per heavy atom. The van der Waals surface area contributed by atoms with Crippen LogP contribution >= 0.6 is 27.3 Å². The van der Waals surface area contributed by atoms with Crippen molar-refractivity contribution in [2.24, 2.45) is 11.7 Å². The zero-order valence-electron chi connectivity index (χ0n) is 8.79. The number of thiophene rings is 1. The van der Waals surface area contributed by atoms with Gasteiger partial charge in [-0.1, -0.05) is 13.8 Å². The maximum Gasteiger partial charge on any atom is 0.252 e. The number of carbonyl (C=O) groups is 1. The number of nitrogens with two attached hydrogens (primary N) is 1. The molecule has 0 saturated carbocycles. The van der Waals surface area contributed by atoms with Gasteiger partial charge in [0.25, 0.3) is 5.91 Å². The largest absolute Gasteiger partial charge is 0.348 e. The van der Waals surface area contributed by atoms with E-state index in [1.54, 1.807) is 0 Å². The minimum Gasteiger partial charge on any atom is -0.348 e. The molecule has 0 aliphatic heterocycles. The summed E-state index contributed by atoms with van der Waals surface area (Å²) in [6.07, 6.45) is 0. The molecule has 15 heavy (non-hydrogen) atoms. The van der Waals surface area contributed by atoms with Crippen LogP contribution < -0.4 is 11.1 Å². The van der Waals surface area contributed by atoms with E-state index in [1.165, 1.54) is 11.3 Å². The number of hydrogen-bond acceptors (Lipinski definition) is 3. The smallest absolute Gasteiger partial charge is 0.252 e. The van der Waals surface area contributed by atoms with E-state index >= 15 is 0 Å². The van der Waals surface area contributed by atoms with Crippen LogP contribution in [0.4, 0.5) is 0 Å². The first kappa shape index (κ1) is 12.7. The molecule has 0 aliphatic carbocycles. The Balaban J connectivity index is 2.62. The summed E-state index contributed by atoms with van der Waals surface area (Å²) in [5, 5.41) is 4.74. The van der Waals surface area contributed by atoms with Gasteiger partial charge < -0.3 is 11.1 Å². The van der Waals surface area contributed by atoms with Gasteiger partial charge in [-0.2, -0.15) is 0 Å². The van der Waals surface area contributed by atoms with Crippen molar-refractivity contribution in [1.82, 2.24) is 5.32 Å². The molecule has 0 saturated heterocycles. The monoisotopic (exact) mass is 290 g/mol. The van der Waals surface area contributed by atoms with E-state index in [0.29, 0.717) is 18.0 Å². The zero-order valence-corrected chi connectivity index (χ0v) is 11.2. The van der Waals surface area contributed by atoms with E-state index in [-0.39, 0.29) is 11.9 Å². The molecule has 1 atom stereocenters. The molecular formula is C10H15BrN2OS. The lowest BCUT2D eigenvalue weighted by Crippen LogP contribution is -2.43. The third kappa shape index (κ3) is 3.59. The van der Waals surface area contributed by atoms with Crippen molar-refractivity contribution in [2.45, 2.75) is 19.9 Å². The van der Waals surface area contributed by atoms with Gasteiger partial charge in [-0.15, -0.1) is 11.3 Å². The Morgan fingerprint density at radius 1 is 1.67 bits per heavy atom. The lowest BCUT2D eigenvalue weighted by Gasteiger charge is -2.19. The molecule has 1 unspecified atom stereocenters. The second kappa shape index (κ2) is 5.63. The number of rotatable bonds is 4. The van der Waals surface area contributed by atoms with Crippen LogP contribution in [0.15, 0.2) is 15.2 Å². The fourth-order valence-corrected chi connectivity index (χ4v) is 2.32. The van der Waals surface area contributed by atoms with E-state index in [9.17, 15) is 4.79 Å². The van der Waals surface area contributed by atoms with Crippen LogP contribution in [0, 0.1) is 5.92 Å². The Hall–Kier alpha value is -0.390. The molecule has 1 amide bonds. The number of carbonyl (C=O) groups excluding carboxylic acids is 1. The summed E-state index contributed by atoms with van der Waals surface area (Å²) in [6, 6.07) is 1.85. The lowest BCUT2D eigenvalue weighted by molar-refractivity contribution is 0.0928. The quantitative estimate of drug-likeness (QED) is 0.893. The van der Waals surface area contributed by atoms with Crippen molar-refractivity contribution in [1.29, 1.82) is 0 Å². The van der Waals surface area contributed by atoms with Crippen LogP contribution in [0.3, 0.4) is 0 Å². The van der Waals surface area contributed by atoms with Crippen LogP contribution in [0.5, 0.6) is 0 Å². The molecule has 1 aromatic heterocycles. The van der Waals surface area contributed by atoms with E-state index in [0.717, 1.165) is 3.79 Å². The Morgan fingerprint density at radius 3 is 2.73 bits per heavy atom. The predicted octanol–water partition coefficient (Wildman–Crippen LogP) is 2.22. The van der Waals surface area contributed by atoms with Crippen molar-refractivity contribution < 1.29 is 4.79 Å². The third-order valence-corrected chi connectivity index (χ3v) is 3.71. The number of nitrogens with one attached hydrogen (secondary N) is 1. The molecule has 0 radical (unpaired) electrons. The summed E-state index contributed by atoms with van der Waals surface area (Å²) in [5.74, 6) is 0.294. The molecule has 3 N–H and O–H groups in total. The van der Waals surface area contributed by atoms with Crippen molar-refractivity contribution in [2.75, 3.05) is 6.54 Å². The topological polar surface area (TPSA) is 55.1 Å². The second-order valence-corrected chi connectivity index (χ2v) is 5.99. The lowest BCUT2D eigenvalue weighted by atomic mass is 10.0. The van der Waals surface area contributed by atoms with Crippen LogP contribution in [0.1, 0.15) is 24.2 Å². The van der Waals surface area contributed by atoms with Gasteiger partial charge in [-0.25, -0.2) is 0 Å². The molecule has 0 aromatic carbocycles. The molecule has 0 fully saturated rings. The summed E-state index contributed by atoms with van der Waals surface area (Å²) in [5.41, 5.74) is 6.27. The SMILES string of the molecule is CC(C)C(CN)NC(=O)c1csc(Br)c1. The maximum atomic E-state index is 11.8. The van der Waals surface area contributed by atoms with Crippen LogP contribution in [-0.2, 0) is 0 Å². The first-order chi connectivity index (χ1) is 7.04. The van der Waals surface area contributed by atoms with Crippen molar-refractivity contribution in [3.63, 3.8) is 0 Å². The van der Waals surface area contributed by atoms with Gasteiger partial charge in [0.15, 0.2) is 0 Å². The highest BCUT2D eigenvalue weighted by atomic mass is 79.9. The van der Waals surface area contributed by atoms with Gasteiger partial charge in [0.1, 0.15) is 0 Å². The van der Waals surface area contributed by atoms with Crippen molar-refractivity contribution in [3.8, 4) is 0 Å². The average Bonchev–Trinajstić information content (AvgIpc) is 2.60. The van der Waals surface area contributed by atoms with Crippen LogP contribution in [-0.4, -0.2) is 18.5 Å². The van der Waals surface area contributed by atoms with Crippen molar-refractivity contribution in [3.05, 3.63) is 20.8 Å². The normalized spacial score (nSPS) is 12.9. The minimum absolute atomic E-state index is 0.0381. The molecule has 1 aromatic rings. The molecule has 0 bridgehead atoms. The van der Waals surface area contributed by atoms with E-state index < -0.39 is 0 Å². The van der Waals surface area contributed by atoms with E-state index in [4.69, 9.17) is 5.73 Å². The molecule has 5 heteroatoms. The highest BCUT2D eigenvalue weighted by Gasteiger charge is 2.16. The number of hydrogen-bond donors (Lipinski definition) is 2. The van der Waals surface area contributed by atoms with Crippen molar-refractivity contribution >= 4 is 33.2 Å². The first-order valence-electron chi connectivity index (χ1n) is 4.79. The Bertz CT molecular complexity index is 338. The maximum absolute atomic E-state index is 11.8. The van der Waals surface area contributed by atoms with E-state index in [1.807, 2.05) is 25.3 Å². The fourth-order valence-electron chi connectivity index (χ4n) is 1.18. The number of halogens is 1. The average molecular weight is 291 g/mol. The van der Waals surface area contributed by atoms with E-state index in [2.05, 4.69) is 21.2 Å². The number of amides is 1. The highest BCUT2D eigenvalue weighted by molar-refractivity contribution is 9.11. The minimum atomic E-state index is -0.0545. The second-order valence-electron chi connectivity index (χ2n) is 3.70. The van der Waals surface area contributed by atoms with Crippen LogP contribution in [0.25, 0.3) is 0 Å². The summed E-state index contributed by atoms with van der Waals surface area (Å²) in [4.78, 5) is 11.8.